The highest BCUT2D eigenvalue weighted by atomic mass is 35.5. The first-order valence-corrected chi connectivity index (χ1v) is 12.2. The summed E-state index contributed by atoms with van der Waals surface area (Å²) in [5.74, 6) is -0.0264. The van der Waals surface area contributed by atoms with E-state index >= 15 is 0 Å². The van der Waals surface area contributed by atoms with Crippen LogP contribution in [0.3, 0.4) is 0 Å². The molecule has 0 heterocycles. The SMILES string of the molecule is O=C(CCCCl)NC[C@@H](O)C[C@@H](Sc1ccccc1)C(=O)N[C@H]1c2ccccc2C[C@H]1O. The molecule has 0 aliphatic heterocycles. The van der Waals surface area contributed by atoms with E-state index in [1.54, 1.807) is 0 Å². The van der Waals surface area contributed by atoms with Gasteiger partial charge in [-0.05, 0) is 36.1 Å². The van der Waals surface area contributed by atoms with Crippen molar-refractivity contribution in [3.8, 4) is 0 Å². The summed E-state index contributed by atoms with van der Waals surface area (Å²) in [5.41, 5.74) is 1.95. The predicted molar refractivity (Wildman–Crippen MR) is 127 cm³/mol. The highest BCUT2D eigenvalue weighted by Crippen LogP contribution is 2.33. The quantitative estimate of drug-likeness (QED) is 0.295. The summed E-state index contributed by atoms with van der Waals surface area (Å²) in [6.45, 7) is 0.0646. The third kappa shape index (κ3) is 6.97. The standard InChI is InChI=1S/C24H29ClN2O4S/c25-12-6-11-22(30)26-15-17(28)14-21(32-18-8-2-1-3-9-18)24(31)27-23-19-10-5-4-7-16(19)13-20(23)29/h1-5,7-10,17,20-21,23,28-29H,6,11-15H2,(H,26,30)(H,27,31)/t17-,20+,21+,23-/m0/s1. The third-order valence-corrected chi connectivity index (χ3v) is 6.88. The van der Waals surface area contributed by atoms with Crippen molar-refractivity contribution in [1.82, 2.24) is 10.6 Å². The lowest BCUT2D eigenvalue weighted by Gasteiger charge is -2.24. The van der Waals surface area contributed by atoms with E-state index in [1.165, 1.54) is 11.8 Å². The Hall–Kier alpha value is -2.06. The Balaban J connectivity index is 1.65. The number of benzene rings is 2. The number of alkyl halides is 1. The van der Waals surface area contributed by atoms with Crippen molar-refractivity contribution in [3.63, 3.8) is 0 Å². The van der Waals surface area contributed by atoms with Crippen LogP contribution in [0.1, 0.15) is 36.4 Å². The molecule has 2 amide bonds. The number of nitrogens with one attached hydrogen (secondary N) is 2. The lowest BCUT2D eigenvalue weighted by Crippen LogP contribution is -2.42. The first-order valence-electron chi connectivity index (χ1n) is 10.8. The molecule has 172 valence electrons. The fraction of sp³-hybridized carbons (Fsp3) is 0.417. The first-order chi connectivity index (χ1) is 15.5. The van der Waals surface area contributed by atoms with Crippen LogP contribution in [0.4, 0.5) is 0 Å². The Bertz CT molecular complexity index is 899. The van der Waals surface area contributed by atoms with Gasteiger partial charge in [-0.2, -0.15) is 0 Å². The first kappa shape index (κ1) is 24.6. The van der Waals surface area contributed by atoms with E-state index in [0.29, 0.717) is 25.1 Å². The van der Waals surface area contributed by atoms with Crippen LogP contribution in [0.25, 0.3) is 0 Å². The number of halogens is 1. The largest absolute Gasteiger partial charge is 0.391 e. The van der Waals surface area contributed by atoms with Gasteiger partial charge in [0.1, 0.15) is 0 Å². The minimum Gasteiger partial charge on any atom is -0.391 e. The third-order valence-electron chi connectivity index (χ3n) is 5.37. The molecule has 0 saturated carbocycles. The number of fused-ring (bicyclic) bond motifs is 1. The molecule has 0 radical (unpaired) electrons. The Kier molecular flexibility index (Phi) is 9.41. The molecule has 32 heavy (non-hydrogen) atoms. The molecule has 0 fully saturated rings. The van der Waals surface area contributed by atoms with Gasteiger partial charge in [-0.1, -0.05) is 42.5 Å². The zero-order valence-electron chi connectivity index (χ0n) is 17.7. The second-order valence-electron chi connectivity index (χ2n) is 7.86. The van der Waals surface area contributed by atoms with E-state index in [4.69, 9.17) is 11.6 Å². The number of amides is 2. The molecule has 4 N–H and O–H groups in total. The minimum atomic E-state index is -0.886. The summed E-state index contributed by atoms with van der Waals surface area (Å²) in [5, 5.41) is 26.1. The van der Waals surface area contributed by atoms with Crippen molar-refractivity contribution in [1.29, 1.82) is 0 Å². The smallest absolute Gasteiger partial charge is 0.234 e. The average Bonchev–Trinajstić information content (AvgIpc) is 3.11. The maximum absolute atomic E-state index is 13.2. The van der Waals surface area contributed by atoms with Gasteiger partial charge in [0.25, 0.3) is 0 Å². The summed E-state index contributed by atoms with van der Waals surface area (Å²) in [6, 6.07) is 16.7. The molecule has 2 aromatic carbocycles. The zero-order valence-corrected chi connectivity index (χ0v) is 19.3. The Labute approximate surface area is 197 Å². The van der Waals surface area contributed by atoms with Gasteiger partial charge in [-0.15, -0.1) is 23.4 Å². The molecule has 0 spiro atoms. The van der Waals surface area contributed by atoms with Crippen LogP contribution < -0.4 is 10.6 Å². The number of aliphatic hydroxyl groups excluding tert-OH is 2. The molecule has 0 unspecified atom stereocenters. The van der Waals surface area contributed by atoms with E-state index in [-0.39, 0.29) is 24.8 Å². The van der Waals surface area contributed by atoms with E-state index < -0.39 is 23.5 Å². The second-order valence-corrected chi connectivity index (χ2v) is 9.52. The van der Waals surface area contributed by atoms with Gasteiger partial charge in [-0.3, -0.25) is 9.59 Å². The molecule has 6 nitrogen and oxygen atoms in total. The Morgan fingerprint density at radius 2 is 1.84 bits per heavy atom. The van der Waals surface area contributed by atoms with E-state index in [1.807, 2.05) is 54.6 Å². The van der Waals surface area contributed by atoms with Gasteiger partial charge in [-0.25, -0.2) is 0 Å². The fourth-order valence-corrected chi connectivity index (χ4v) is 5.01. The molecule has 1 aliphatic rings. The van der Waals surface area contributed by atoms with Crippen LogP contribution in [0.5, 0.6) is 0 Å². The summed E-state index contributed by atoms with van der Waals surface area (Å²) < 4.78 is 0. The van der Waals surface area contributed by atoms with Crippen molar-refractivity contribution >= 4 is 35.2 Å². The van der Waals surface area contributed by atoms with Crippen LogP contribution in [-0.4, -0.2) is 51.9 Å². The Morgan fingerprint density at radius 3 is 2.59 bits per heavy atom. The highest BCUT2D eigenvalue weighted by molar-refractivity contribution is 8.00. The van der Waals surface area contributed by atoms with Crippen LogP contribution in [-0.2, 0) is 16.0 Å². The van der Waals surface area contributed by atoms with Crippen LogP contribution in [0, 0.1) is 0 Å². The van der Waals surface area contributed by atoms with E-state index in [9.17, 15) is 19.8 Å². The van der Waals surface area contributed by atoms with Gasteiger partial charge in [0, 0.05) is 30.2 Å². The molecule has 0 bridgehead atoms. The van der Waals surface area contributed by atoms with Crippen LogP contribution in [0.15, 0.2) is 59.5 Å². The summed E-state index contributed by atoms with van der Waals surface area (Å²) >= 11 is 6.96. The number of rotatable bonds is 11. The van der Waals surface area contributed by atoms with Gasteiger partial charge in [0.05, 0.1) is 23.5 Å². The molecule has 2 aromatic rings. The number of carbonyl (C=O) groups excluding carboxylic acids is 2. The predicted octanol–water partition coefficient (Wildman–Crippen LogP) is 2.81. The van der Waals surface area contributed by atoms with Gasteiger partial charge in [0.15, 0.2) is 0 Å². The van der Waals surface area contributed by atoms with Crippen molar-refractivity contribution in [2.24, 2.45) is 0 Å². The number of thioether (sulfide) groups is 1. The molecule has 1 aliphatic carbocycles. The van der Waals surface area contributed by atoms with Crippen LogP contribution in [0.2, 0.25) is 0 Å². The molecular formula is C24H29ClN2O4S. The topological polar surface area (TPSA) is 98.7 Å². The maximum atomic E-state index is 13.2. The lowest BCUT2D eigenvalue weighted by molar-refractivity contribution is -0.122. The average molecular weight is 477 g/mol. The van der Waals surface area contributed by atoms with Crippen molar-refractivity contribution < 1.29 is 19.8 Å². The van der Waals surface area contributed by atoms with E-state index in [2.05, 4.69) is 10.6 Å². The van der Waals surface area contributed by atoms with Crippen molar-refractivity contribution in [2.75, 3.05) is 12.4 Å². The fourth-order valence-electron chi connectivity index (χ4n) is 3.74. The molecule has 8 heteroatoms. The second kappa shape index (κ2) is 12.3. The number of hydrogen-bond donors (Lipinski definition) is 4. The van der Waals surface area contributed by atoms with Crippen LogP contribution >= 0.6 is 23.4 Å². The van der Waals surface area contributed by atoms with Gasteiger partial charge in [0.2, 0.25) is 11.8 Å². The lowest BCUT2D eigenvalue weighted by atomic mass is 10.1. The van der Waals surface area contributed by atoms with Gasteiger partial charge >= 0.3 is 0 Å². The normalized spacial score (nSPS) is 19.1. The number of carbonyl (C=O) groups is 2. The Morgan fingerprint density at radius 1 is 1.12 bits per heavy atom. The monoisotopic (exact) mass is 476 g/mol. The molecule has 0 saturated heterocycles. The number of hydrogen-bond acceptors (Lipinski definition) is 5. The van der Waals surface area contributed by atoms with Crippen molar-refractivity contribution in [3.05, 3.63) is 65.7 Å². The van der Waals surface area contributed by atoms with Crippen molar-refractivity contribution in [2.45, 2.75) is 54.1 Å². The molecule has 4 atom stereocenters. The minimum absolute atomic E-state index is 0.0646. The summed E-state index contributed by atoms with van der Waals surface area (Å²) in [6.07, 6.45) is -0.0469. The number of aliphatic hydroxyl groups is 2. The van der Waals surface area contributed by atoms with Gasteiger partial charge < -0.3 is 20.8 Å². The zero-order chi connectivity index (χ0) is 22.9. The summed E-state index contributed by atoms with van der Waals surface area (Å²) in [7, 11) is 0. The highest BCUT2D eigenvalue weighted by Gasteiger charge is 2.34. The molecular weight excluding hydrogens is 448 g/mol. The summed E-state index contributed by atoms with van der Waals surface area (Å²) in [4.78, 5) is 25.9. The molecule has 3 rings (SSSR count). The molecule has 0 aromatic heterocycles. The van der Waals surface area contributed by atoms with E-state index in [0.717, 1.165) is 16.0 Å². The maximum Gasteiger partial charge on any atom is 0.234 e.